The molecule has 1 fully saturated rings. The number of thioether (sulfide) groups is 1. The van der Waals surface area contributed by atoms with Gasteiger partial charge < -0.3 is 9.15 Å². The fourth-order valence-electron chi connectivity index (χ4n) is 3.42. The lowest BCUT2D eigenvalue weighted by molar-refractivity contribution is -0.384. The fourth-order valence-corrected chi connectivity index (χ4v) is 4.24. The predicted octanol–water partition coefficient (Wildman–Crippen LogP) is 6.05. The molecule has 0 aliphatic carbocycles. The van der Waals surface area contributed by atoms with Gasteiger partial charge in [-0.25, -0.2) is 4.79 Å². The van der Waals surface area contributed by atoms with E-state index >= 15 is 0 Å². The molecule has 2 aromatic carbocycles. The number of rotatable bonds is 9. The Morgan fingerprint density at radius 3 is 2.47 bits per heavy atom. The summed E-state index contributed by atoms with van der Waals surface area (Å²) < 4.78 is 11.0. The van der Waals surface area contributed by atoms with Crippen LogP contribution in [0.25, 0.3) is 17.4 Å². The molecule has 0 saturated carbocycles. The van der Waals surface area contributed by atoms with Gasteiger partial charge in [0.1, 0.15) is 11.5 Å². The summed E-state index contributed by atoms with van der Waals surface area (Å²) in [6.07, 6.45) is 3.26. The molecular formula is C26H22N2O7S. The van der Waals surface area contributed by atoms with Crippen LogP contribution in [0, 0.1) is 10.1 Å². The van der Waals surface area contributed by atoms with Crippen LogP contribution in [0.15, 0.2) is 70.0 Å². The van der Waals surface area contributed by atoms with Crippen LogP contribution in [-0.4, -0.2) is 33.5 Å². The average Bonchev–Trinajstić information content (AvgIpc) is 3.45. The summed E-state index contributed by atoms with van der Waals surface area (Å²) in [4.78, 5) is 48.9. The largest absolute Gasteiger partial charge is 0.462 e. The zero-order chi connectivity index (χ0) is 25.7. The summed E-state index contributed by atoms with van der Waals surface area (Å²) in [5, 5.41) is 10.4. The third kappa shape index (κ3) is 5.72. The summed E-state index contributed by atoms with van der Waals surface area (Å²) in [5.41, 5.74) is 1.72. The second kappa shape index (κ2) is 11.0. The van der Waals surface area contributed by atoms with E-state index in [2.05, 4.69) is 0 Å². The average molecular weight is 507 g/mol. The summed E-state index contributed by atoms with van der Waals surface area (Å²) in [6.45, 7) is 2.42. The maximum absolute atomic E-state index is 12.8. The number of furan rings is 1. The van der Waals surface area contributed by atoms with Crippen molar-refractivity contribution < 1.29 is 28.5 Å². The third-order valence-electron chi connectivity index (χ3n) is 5.40. The molecule has 2 heterocycles. The number of unbranched alkanes of at least 4 members (excludes halogenated alkanes) is 1. The first kappa shape index (κ1) is 24.9. The first-order valence-electron chi connectivity index (χ1n) is 11.2. The Hall–Kier alpha value is -4.18. The van der Waals surface area contributed by atoms with Crippen molar-refractivity contribution in [2.45, 2.75) is 26.3 Å². The van der Waals surface area contributed by atoms with Gasteiger partial charge >= 0.3 is 5.97 Å². The van der Waals surface area contributed by atoms with Crippen LogP contribution in [0.1, 0.15) is 41.4 Å². The Balaban J connectivity index is 1.42. The number of non-ortho nitro benzene ring substituents is 1. The van der Waals surface area contributed by atoms with Gasteiger partial charge in [-0.2, -0.15) is 0 Å². The van der Waals surface area contributed by atoms with Gasteiger partial charge in [-0.15, -0.1) is 0 Å². The van der Waals surface area contributed by atoms with Gasteiger partial charge in [0.2, 0.25) is 0 Å². The van der Waals surface area contributed by atoms with E-state index in [1.165, 1.54) is 30.3 Å². The lowest BCUT2D eigenvalue weighted by atomic mass is 10.1. The van der Waals surface area contributed by atoms with Crippen molar-refractivity contribution in [3.8, 4) is 11.3 Å². The molecule has 0 N–H and O–H groups in total. The van der Waals surface area contributed by atoms with Crippen molar-refractivity contribution in [3.63, 3.8) is 0 Å². The van der Waals surface area contributed by atoms with E-state index < -0.39 is 16.1 Å². The summed E-state index contributed by atoms with van der Waals surface area (Å²) in [7, 11) is 0. The van der Waals surface area contributed by atoms with E-state index in [9.17, 15) is 24.5 Å². The first-order valence-corrected chi connectivity index (χ1v) is 12.0. The molecule has 3 aromatic rings. The Kier molecular flexibility index (Phi) is 7.65. The molecule has 10 heteroatoms. The number of benzene rings is 2. The molecular weight excluding hydrogens is 484 g/mol. The minimum Gasteiger partial charge on any atom is -0.462 e. The number of esters is 1. The predicted molar refractivity (Wildman–Crippen MR) is 134 cm³/mol. The smallest absolute Gasteiger partial charge is 0.338 e. The topological polar surface area (TPSA) is 120 Å². The third-order valence-corrected chi connectivity index (χ3v) is 6.31. The van der Waals surface area contributed by atoms with Gasteiger partial charge in [0.15, 0.2) is 0 Å². The van der Waals surface area contributed by atoms with E-state index in [1.807, 2.05) is 6.92 Å². The zero-order valence-corrected chi connectivity index (χ0v) is 20.2. The quantitative estimate of drug-likeness (QED) is 0.113. The molecule has 1 aliphatic heterocycles. The molecule has 2 amide bonds. The Bertz CT molecular complexity index is 1330. The number of carbonyl (C=O) groups is 3. The maximum atomic E-state index is 12.8. The monoisotopic (exact) mass is 506 g/mol. The number of imide groups is 1. The highest BCUT2D eigenvalue weighted by Gasteiger charge is 2.35. The lowest BCUT2D eigenvalue weighted by Gasteiger charge is -2.12. The number of hydrogen-bond donors (Lipinski definition) is 0. The molecule has 9 nitrogen and oxygen atoms in total. The minimum absolute atomic E-state index is 0.0105. The summed E-state index contributed by atoms with van der Waals surface area (Å²) >= 11 is 0.801. The fraction of sp³-hybridized carbons (Fsp3) is 0.192. The van der Waals surface area contributed by atoms with Gasteiger partial charge in [0.05, 0.1) is 28.5 Å². The second-order valence-corrected chi connectivity index (χ2v) is 8.95. The first-order chi connectivity index (χ1) is 17.4. The van der Waals surface area contributed by atoms with Crippen molar-refractivity contribution in [1.82, 2.24) is 4.90 Å². The standard InChI is InChI=1S/C26H22N2O7S/c1-2-3-14-34-25(30)19-8-6-18(7-9-19)22-13-12-21(35-22)15-23-24(29)27(26(31)36-23)16-17-4-10-20(11-5-17)28(32)33/h4-13,15H,2-3,14,16H2,1H3/b23-15-. The molecule has 0 atom stereocenters. The Morgan fingerprint density at radius 1 is 1.08 bits per heavy atom. The van der Waals surface area contributed by atoms with Crippen molar-refractivity contribution in [3.05, 3.63) is 92.6 Å². The number of amides is 2. The Morgan fingerprint density at radius 2 is 1.81 bits per heavy atom. The van der Waals surface area contributed by atoms with E-state index in [4.69, 9.17) is 9.15 Å². The number of hydrogen-bond acceptors (Lipinski definition) is 8. The van der Waals surface area contributed by atoms with E-state index in [0.29, 0.717) is 29.3 Å². The number of carbonyl (C=O) groups excluding carboxylic acids is 3. The van der Waals surface area contributed by atoms with Crippen LogP contribution in [-0.2, 0) is 16.1 Å². The van der Waals surface area contributed by atoms with E-state index in [0.717, 1.165) is 35.1 Å². The van der Waals surface area contributed by atoms with Gasteiger partial charge in [-0.05, 0) is 48.0 Å². The number of nitro groups is 1. The Labute approximate surface area is 210 Å². The molecule has 0 spiro atoms. The highest BCUT2D eigenvalue weighted by molar-refractivity contribution is 8.18. The van der Waals surface area contributed by atoms with Crippen molar-refractivity contribution in [2.24, 2.45) is 0 Å². The highest BCUT2D eigenvalue weighted by Crippen LogP contribution is 2.34. The second-order valence-electron chi connectivity index (χ2n) is 7.96. The number of ether oxygens (including phenoxy) is 1. The molecule has 4 rings (SSSR count). The molecule has 1 aromatic heterocycles. The number of nitrogens with zero attached hydrogens (tertiary/aromatic N) is 2. The summed E-state index contributed by atoms with van der Waals surface area (Å²) in [6, 6.07) is 15.9. The van der Waals surface area contributed by atoms with Crippen molar-refractivity contribution in [2.75, 3.05) is 6.61 Å². The van der Waals surface area contributed by atoms with Crippen LogP contribution in [0.5, 0.6) is 0 Å². The highest BCUT2D eigenvalue weighted by atomic mass is 32.2. The van der Waals surface area contributed by atoms with Crippen LogP contribution in [0.2, 0.25) is 0 Å². The van der Waals surface area contributed by atoms with Crippen molar-refractivity contribution in [1.29, 1.82) is 0 Å². The molecule has 0 bridgehead atoms. The molecule has 1 saturated heterocycles. The van der Waals surface area contributed by atoms with Crippen LogP contribution >= 0.6 is 11.8 Å². The van der Waals surface area contributed by atoms with Gasteiger partial charge in [0.25, 0.3) is 16.8 Å². The SMILES string of the molecule is CCCCOC(=O)c1ccc(-c2ccc(/C=C3\SC(=O)N(Cc4ccc([N+](=O)[O-])cc4)C3=O)o2)cc1. The number of nitro benzene ring substituents is 1. The van der Waals surface area contributed by atoms with Gasteiger partial charge in [-0.3, -0.25) is 24.6 Å². The normalized spacial score (nSPS) is 14.5. The summed E-state index contributed by atoms with van der Waals surface area (Å²) in [5.74, 6) is 0.0953. The molecule has 36 heavy (non-hydrogen) atoms. The van der Waals surface area contributed by atoms with Crippen LogP contribution in [0.3, 0.4) is 0 Å². The van der Waals surface area contributed by atoms with Gasteiger partial charge in [0, 0.05) is 23.8 Å². The van der Waals surface area contributed by atoms with Crippen molar-refractivity contribution >= 4 is 40.6 Å². The minimum atomic E-state index is -0.513. The van der Waals surface area contributed by atoms with E-state index in [-0.39, 0.29) is 23.1 Å². The zero-order valence-electron chi connectivity index (χ0n) is 19.3. The van der Waals surface area contributed by atoms with E-state index in [1.54, 1.807) is 36.4 Å². The maximum Gasteiger partial charge on any atom is 0.338 e. The molecule has 0 radical (unpaired) electrons. The molecule has 184 valence electrons. The molecule has 0 unspecified atom stereocenters. The lowest BCUT2D eigenvalue weighted by Crippen LogP contribution is -2.27. The van der Waals surface area contributed by atoms with Crippen LogP contribution < -0.4 is 0 Å². The van der Waals surface area contributed by atoms with Gasteiger partial charge in [-0.1, -0.05) is 37.6 Å². The van der Waals surface area contributed by atoms with Crippen LogP contribution in [0.4, 0.5) is 10.5 Å². The molecule has 1 aliphatic rings.